The Balaban J connectivity index is 1.86. The minimum absolute atomic E-state index is 0.131. The third-order valence-corrected chi connectivity index (χ3v) is 5.15. The number of hydrogen-bond acceptors (Lipinski definition) is 5. The molecule has 0 spiro atoms. The monoisotopic (exact) mass is 386 g/mol. The molecule has 2 aromatic rings. The van der Waals surface area contributed by atoms with Crippen LogP contribution in [0.4, 0.5) is 5.95 Å². The molecule has 0 aliphatic carbocycles. The molecule has 0 bridgehead atoms. The number of imidazole rings is 1. The van der Waals surface area contributed by atoms with Gasteiger partial charge in [-0.05, 0) is 39.7 Å². The Morgan fingerprint density at radius 1 is 1.04 bits per heavy atom. The van der Waals surface area contributed by atoms with Gasteiger partial charge in [-0.2, -0.15) is 0 Å². The van der Waals surface area contributed by atoms with Crippen molar-refractivity contribution in [1.82, 2.24) is 9.66 Å². The van der Waals surface area contributed by atoms with Crippen molar-refractivity contribution in [2.45, 2.75) is 58.9 Å². The van der Waals surface area contributed by atoms with Crippen LogP contribution in [0.2, 0.25) is 0 Å². The zero-order valence-corrected chi connectivity index (χ0v) is 18.0. The molecule has 1 aromatic heterocycles. The van der Waals surface area contributed by atoms with Gasteiger partial charge in [-0.15, -0.1) is 0 Å². The summed E-state index contributed by atoms with van der Waals surface area (Å²) in [5.74, 6) is 1.33. The second-order valence-electron chi connectivity index (χ2n) is 9.57. The van der Waals surface area contributed by atoms with Crippen molar-refractivity contribution >= 4 is 5.95 Å². The van der Waals surface area contributed by atoms with Crippen molar-refractivity contribution in [3.63, 3.8) is 0 Å². The SMILES string of the molecule is CC(C)(C)c1cc(CNn2ccnc2N2CCOCC2)cc(C(C)(C)C)c1O. The third-order valence-electron chi connectivity index (χ3n) is 5.15. The first-order valence-corrected chi connectivity index (χ1v) is 10.0. The topological polar surface area (TPSA) is 62.6 Å². The van der Waals surface area contributed by atoms with Crippen LogP contribution in [-0.4, -0.2) is 41.1 Å². The van der Waals surface area contributed by atoms with Gasteiger partial charge < -0.3 is 20.2 Å². The van der Waals surface area contributed by atoms with E-state index in [4.69, 9.17) is 4.74 Å². The predicted molar refractivity (Wildman–Crippen MR) is 114 cm³/mol. The van der Waals surface area contributed by atoms with Crippen molar-refractivity contribution in [3.8, 4) is 5.75 Å². The van der Waals surface area contributed by atoms with Crippen LogP contribution in [0.15, 0.2) is 24.5 Å². The highest BCUT2D eigenvalue weighted by atomic mass is 16.5. The van der Waals surface area contributed by atoms with E-state index in [-0.39, 0.29) is 10.8 Å². The van der Waals surface area contributed by atoms with E-state index in [1.165, 1.54) is 0 Å². The van der Waals surface area contributed by atoms with E-state index in [0.29, 0.717) is 12.3 Å². The molecule has 0 atom stereocenters. The molecule has 1 aromatic carbocycles. The number of nitrogens with zero attached hydrogens (tertiary/aromatic N) is 3. The van der Waals surface area contributed by atoms with Crippen LogP contribution < -0.4 is 10.3 Å². The molecule has 3 rings (SSSR count). The number of ether oxygens (including phenoxy) is 1. The number of rotatable bonds is 4. The lowest BCUT2D eigenvalue weighted by atomic mass is 9.78. The molecule has 0 saturated carbocycles. The highest BCUT2D eigenvalue weighted by molar-refractivity contribution is 5.50. The largest absolute Gasteiger partial charge is 0.507 e. The molecule has 1 saturated heterocycles. The standard InChI is InChI=1S/C22H34N4O2/c1-21(2,3)17-13-16(14-18(19(17)27)22(4,5)6)15-24-26-8-7-23-20(26)25-9-11-28-12-10-25/h7-8,13-14,24,27H,9-12,15H2,1-6H3. The summed E-state index contributed by atoms with van der Waals surface area (Å²) in [6.07, 6.45) is 3.76. The van der Waals surface area contributed by atoms with Gasteiger partial charge in [0.05, 0.1) is 19.8 Å². The van der Waals surface area contributed by atoms with E-state index < -0.39 is 0 Å². The van der Waals surface area contributed by atoms with Gasteiger partial charge >= 0.3 is 0 Å². The first-order valence-electron chi connectivity index (χ1n) is 10.0. The summed E-state index contributed by atoms with van der Waals surface area (Å²) in [5, 5.41) is 10.9. The van der Waals surface area contributed by atoms with Crippen LogP contribution >= 0.6 is 0 Å². The molecule has 6 nitrogen and oxygen atoms in total. The molecule has 1 fully saturated rings. The maximum Gasteiger partial charge on any atom is 0.224 e. The Kier molecular flexibility index (Phi) is 5.62. The van der Waals surface area contributed by atoms with Gasteiger partial charge in [0, 0.05) is 25.5 Å². The Morgan fingerprint density at radius 3 is 2.14 bits per heavy atom. The van der Waals surface area contributed by atoms with Gasteiger partial charge in [-0.3, -0.25) is 0 Å². The number of aromatic hydroxyl groups is 1. The van der Waals surface area contributed by atoms with E-state index in [1.54, 1.807) is 0 Å². The lowest BCUT2D eigenvalue weighted by molar-refractivity contribution is 0.122. The molecule has 0 radical (unpaired) electrons. The van der Waals surface area contributed by atoms with Crippen LogP contribution in [0.1, 0.15) is 58.2 Å². The lowest BCUT2D eigenvalue weighted by Crippen LogP contribution is -2.38. The van der Waals surface area contributed by atoms with E-state index in [2.05, 4.69) is 69.0 Å². The van der Waals surface area contributed by atoms with Crippen molar-refractivity contribution in [2.24, 2.45) is 0 Å². The molecule has 0 amide bonds. The fourth-order valence-corrected chi connectivity index (χ4v) is 3.53. The molecular formula is C22H34N4O2. The average molecular weight is 387 g/mol. The Morgan fingerprint density at radius 2 is 1.61 bits per heavy atom. The van der Waals surface area contributed by atoms with Gasteiger partial charge in [0.2, 0.25) is 5.95 Å². The Bertz CT molecular complexity index is 774. The second-order valence-corrected chi connectivity index (χ2v) is 9.57. The van der Waals surface area contributed by atoms with E-state index in [9.17, 15) is 5.11 Å². The molecular weight excluding hydrogens is 352 g/mol. The molecule has 1 aliphatic rings. The molecule has 154 valence electrons. The summed E-state index contributed by atoms with van der Waals surface area (Å²) in [6.45, 7) is 16.6. The summed E-state index contributed by atoms with van der Waals surface area (Å²) in [5.41, 5.74) is 6.32. The quantitative estimate of drug-likeness (QED) is 0.838. The van der Waals surface area contributed by atoms with Gasteiger partial charge in [0.1, 0.15) is 5.75 Å². The van der Waals surface area contributed by atoms with Crippen LogP contribution in [0.5, 0.6) is 5.75 Å². The predicted octanol–water partition coefficient (Wildman–Crippen LogP) is 3.76. The van der Waals surface area contributed by atoms with E-state index >= 15 is 0 Å². The van der Waals surface area contributed by atoms with Gasteiger partial charge in [0.25, 0.3) is 0 Å². The third kappa shape index (κ3) is 4.43. The number of hydrogen-bond donors (Lipinski definition) is 2. The highest BCUT2D eigenvalue weighted by Crippen LogP contribution is 2.39. The summed E-state index contributed by atoms with van der Waals surface area (Å²) in [4.78, 5) is 6.74. The number of nitrogens with one attached hydrogen (secondary N) is 1. The first kappa shape index (κ1) is 20.5. The molecule has 28 heavy (non-hydrogen) atoms. The minimum atomic E-state index is -0.131. The van der Waals surface area contributed by atoms with Gasteiger partial charge in [-0.25, -0.2) is 9.66 Å². The summed E-state index contributed by atoms with van der Waals surface area (Å²) >= 11 is 0. The number of benzene rings is 1. The van der Waals surface area contributed by atoms with Crippen LogP contribution in [-0.2, 0) is 22.1 Å². The molecule has 2 heterocycles. The zero-order chi connectivity index (χ0) is 20.5. The van der Waals surface area contributed by atoms with Crippen LogP contribution in [0, 0.1) is 0 Å². The van der Waals surface area contributed by atoms with Gasteiger partial charge in [0.15, 0.2) is 0 Å². The van der Waals surface area contributed by atoms with Gasteiger partial charge in [-0.1, -0.05) is 41.5 Å². The number of phenols is 1. The zero-order valence-electron chi connectivity index (χ0n) is 18.0. The van der Waals surface area contributed by atoms with Crippen LogP contribution in [0.3, 0.4) is 0 Å². The van der Waals surface area contributed by atoms with Crippen molar-refractivity contribution in [2.75, 3.05) is 36.6 Å². The van der Waals surface area contributed by atoms with Crippen molar-refractivity contribution in [1.29, 1.82) is 0 Å². The fourth-order valence-electron chi connectivity index (χ4n) is 3.53. The maximum atomic E-state index is 10.9. The highest BCUT2D eigenvalue weighted by Gasteiger charge is 2.26. The smallest absolute Gasteiger partial charge is 0.224 e. The van der Waals surface area contributed by atoms with E-state index in [0.717, 1.165) is 48.9 Å². The summed E-state index contributed by atoms with van der Waals surface area (Å²) in [7, 11) is 0. The summed E-state index contributed by atoms with van der Waals surface area (Å²) < 4.78 is 7.42. The Hall–Kier alpha value is -2.21. The van der Waals surface area contributed by atoms with Crippen molar-refractivity contribution in [3.05, 3.63) is 41.2 Å². The normalized spacial score (nSPS) is 15.7. The number of morpholine rings is 1. The average Bonchev–Trinajstić information content (AvgIpc) is 3.08. The van der Waals surface area contributed by atoms with Crippen molar-refractivity contribution < 1.29 is 9.84 Å². The molecule has 1 aliphatic heterocycles. The molecule has 0 unspecified atom stereocenters. The number of anilines is 1. The Labute approximate surface area is 168 Å². The second kappa shape index (κ2) is 7.66. The number of phenolic OH excluding ortho intramolecular Hbond substituents is 1. The molecule has 2 N–H and O–H groups in total. The minimum Gasteiger partial charge on any atom is -0.507 e. The fraction of sp³-hybridized carbons (Fsp3) is 0.591. The number of aromatic nitrogens is 2. The summed E-state index contributed by atoms with van der Waals surface area (Å²) in [6, 6.07) is 4.23. The first-order chi connectivity index (χ1) is 13.1. The van der Waals surface area contributed by atoms with E-state index in [1.807, 2.05) is 17.1 Å². The van der Waals surface area contributed by atoms with Crippen LogP contribution in [0.25, 0.3) is 0 Å². The molecule has 6 heteroatoms. The maximum absolute atomic E-state index is 10.9. The lowest BCUT2D eigenvalue weighted by Gasteiger charge is -2.29.